The Morgan fingerprint density at radius 3 is 2.52 bits per heavy atom. The van der Waals surface area contributed by atoms with Crippen molar-refractivity contribution < 1.29 is 19.4 Å². The molecular formula is C19H21FN2O3. The Morgan fingerprint density at radius 2 is 1.88 bits per heavy atom. The quantitative estimate of drug-likeness (QED) is 0.869. The highest BCUT2D eigenvalue weighted by molar-refractivity contribution is 5.76. The lowest BCUT2D eigenvalue weighted by molar-refractivity contribution is -0.163. The summed E-state index contributed by atoms with van der Waals surface area (Å²) in [5.74, 6) is -1.39. The van der Waals surface area contributed by atoms with E-state index in [1.165, 1.54) is 12.1 Å². The van der Waals surface area contributed by atoms with Crippen LogP contribution in [0.2, 0.25) is 0 Å². The molecule has 6 heteroatoms. The fourth-order valence-electron chi connectivity index (χ4n) is 3.47. The predicted molar refractivity (Wildman–Crippen MR) is 90.3 cm³/mol. The molecule has 2 N–H and O–H groups in total. The van der Waals surface area contributed by atoms with Gasteiger partial charge in [-0.3, -0.25) is 14.7 Å². The Labute approximate surface area is 145 Å². The molecule has 0 saturated carbocycles. The molecule has 2 aromatic rings. The Kier molecular flexibility index (Phi) is 5.11. The molecule has 3 rings (SSSR count). The number of rotatable bonds is 5. The molecule has 2 atom stereocenters. The van der Waals surface area contributed by atoms with E-state index in [2.05, 4.69) is 4.98 Å². The van der Waals surface area contributed by atoms with Crippen molar-refractivity contribution in [3.8, 4) is 0 Å². The van der Waals surface area contributed by atoms with Gasteiger partial charge in [-0.15, -0.1) is 0 Å². The van der Waals surface area contributed by atoms with E-state index in [1.54, 1.807) is 24.5 Å². The summed E-state index contributed by atoms with van der Waals surface area (Å²) >= 11 is 0. The maximum Gasteiger partial charge on any atom is 0.313 e. The van der Waals surface area contributed by atoms with Gasteiger partial charge < -0.3 is 10.2 Å². The van der Waals surface area contributed by atoms with Crippen LogP contribution in [0.5, 0.6) is 0 Å². The number of aliphatic hydroxyl groups is 1. The van der Waals surface area contributed by atoms with E-state index in [4.69, 9.17) is 0 Å². The van der Waals surface area contributed by atoms with Crippen molar-refractivity contribution in [1.29, 1.82) is 0 Å². The number of carboxylic acid groups (broad SMARTS) is 1. The third-order valence-corrected chi connectivity index (χ3v) is 4.88. The van der Waals surface area contributed by atoms with E-state index in [9.17, 15) is 19.4 Å². The van der Waals surface area contributed by atoms with Gasteiger partial charge >= 0.3 is 5.97 Å². The van der Waals surface area contributed by atoms with Crippen LogP contribution in [0, 0.1) is 11.2 Å². The minimum atomic E-state index is -1.30. The number of carbonyl (C=O) groups is 1. The SMILES string of the molecule is O=C(O)[C@]1(Cc2ccc(F)cc2)CN(Cc2ccncc2)CC[C@H]1O. The fraction of sp³-hybridized carbons (Fsp3) is 0.368. The zero-order valence-corrected chi connectivity index (χ0v) is 13.8. The molecule has 25 heavy (non-hydrogen) atoms. The van der Waals surface area contributed by atoms with Crippen molar-refractivity contribution in [2.75, 3.05) is 13.1 Å². The first kappa shape index (κ1) is 17.5. The highest BCUT2D eigenvalue weighted by Crippen LogP contribution is 2.35. The number of benzene rings is 1. The zero-order valence-electron chi connectivity index (χ0n) is 13.8. The monoisotopic (exact) mass is 344 g/mol. The van der Waals surface area contributed by atoms with Crippen LogP contribution in [-0.2, 0) is 17.8 Å². The van der Waals surface area contributed by atoms with Crippen LogP contribution in [0.25, 0.3) is 0 Å². The summed E-state index contributed by atoms with van der Waals surface area (Å²) in [4.78, 5) is 18.1. The first-order valence-corrected chi connectivity index (χ1v) is 8.27. The molecule has 5 nitrogen and oxygen atoms in total. The average Bonchev–Trinajstić information content (AvgIpc) is 2.60. The molecule has 1 fully saturated rings. The molecule has 1 aromatic carbocycles. The zero-order chi connectivity index (χ0) is 17.9. The van der Waals surface area contributed by atoms with E-state index in [1.807, 2.05) is 17.0 Å². The third kappa shape index (κ3) is 3.86. The van der Waals surface area contributed by atoms with Crippen LogP contribution in [0.4, 0.5) is 4.39 Å². The maximum atomic E-state index is 13.1. The predicted octanol–water partition coefficient (Wildman–Crippen LogP) is 2.10. The van der Waals surface area contributed by atoms with E-state index in [0.717, 1.165) is 5.56 Å². The Bertz CT molecular complexity index is 723. The maximum absolute atomic E-state index is 13.1. The molecule has 0 bridgehead atoms. The fourth-order valence-corrected chi connectivity index (χ4v) is 3.47. The number of hydrogen-bond donors (Lipinski definition) is 2. The van der Waals surface area contributed by atoms with Gasteiger partial charge in [-0.25, -0.2) is 4.39 Å². The normalized spacial score (nSPS) is 24.2. The Balaban J connectivity index is 1.82. The topological polar surface area (TPSA) is 73.7 Å². The molecule has 132 valence electrons. The summed E-state index contributed by atoms with van der Waals surface area (Å²) in [6.45, 7) is 1.47. The molecule has 1 aliphatic rings. The number of piperidine rings is 1. The molecule has 0 aliphatic carbocycles. The number of aromatic nitrogens is 1. The van der Waals surface area contributed by atoms with Gasteiger partial charge in [0.05, 0.1) is 6.10 Å². The molecule has 2 heterocycles. The van der Waals surface area contributed by atoms with Gasteiger partial charge in [-0.2, -0.15) is 0 Å². The van der Waals surface area contributed by atoms with E-state index < -0.39 is 17.5 Å². The first-order chi connectivity index (χ1) is 12.0. The Hall–Kier alpha value is -2.31. The van der Waals surface area contributed by atoms with Crippen molar-refractivity contribution in [1.82, 2.24) is 9.88 Å². The van der Waals surface area contributed by atoms with Gasteiger partial charge in [0, 0.05) is 32.0 Å². The largest absolute Gasteiger partial charge is 0.481 e. The lowest BCUT2D eigenvalue weighted by Crippen LogP contribution is -2.56. The molecule has 0 amide bonds. The van der Waals surface area contributed by atoms with Crippen LogP contribution in [0.15, 0.2) is 48.8 Å². The van der Waals surface area contributed by atoms with Crippen molar-refractivity contribution >= 4 is 5.97 Å². The van der Waals surface area contributed by atoms with Gasteiger partial charge in [0.1, 0.15) is 11.2 Å². The molecule has 1 aromatic heterocycles. The van der Waals surface area contributed by atoms with Crippen LogP contribution in [0.1, 0.15) is 17.5 Å². The van der Waals surface area contributed by atoms with Crippen molar-refractivity contribution in [2.24, 2.45) is 5.41 Å². The molecule has 1 aliphatic heterocycles. The summed E-state index contributed by atoms with van der Waals surface area (Å²) in [6, 6.07) is 9.58. The lowest BCUT2D eigenvalue weighted by Gasteiger charge is -2.43. The molecule has 0 unspecified atom stereocenters. The van der Waals surface area contributed by atoms with E-state index in [-0.39, 0.29) is 18.8 Å². The van der Waals surface area contributed by atoms with Crippen LogP contribution in [0.3, 0.4) is 0 Å². The average molecular weight is 344 g/mol. The summed E-state index contributed by atoms with van der Waals surface area (Å²) in [7, 11) is 0. The van der Waals surface area contributed by atoms with Crippen LogP contribution < -0.4 is 0 Å². The molecule has 0 spiro atoms. The number of aliphatic carboxylic acids is 1. The van der Waals surface area contributed by atoms with Crippen molar-refractivity contribution in [3.05, 3.63) is 65.7 Å². The number of nitrogens with zero attached hydrogens (tertiary/aromatic N) is 2. The second-order valence-electron chi connectivity index (χ2n) is 6.64. The lowest BCUT2D eigenvalue weighted by atomic mass is 9.72. The summed E-state index contributed by atoms with van der Waals surface area (Å²) in [5, 5.41) is 20.4. The van der Waals surface area contributed by atoms with Gasteiger partial charge in [0.15, 0.2) is 0 Å². The number of likely N-dealkylation sites (tertiary alicyclic amines) is 1. The van der Waals surface area contributed by atoms with Crippen molar-refractivity contribution in [2.45, 2.75) is 25.5 Å². The van der Waals surface area contributed by atoms with Gasteiger partial charge in [0.2, 0.25) is 0 Å². The highest BCUT2D eigenvalue weighted by Gasteiger charge is 2.49. The van der Waals surface area contributed by atoms with Gasteiger partial charge in [-0.1, -0.05) is 12.1 Å². The second-order valence-corrected chi connectivity index (χ2v) is 6.64. The molecular weight excluding hydrogens is 323 g/mol. The minimum Gasteiger partial charge on any atom is -0.481 e. The minimum absolute atomic E-state index is 0.163. The number of aliphatic hydroxyl groups excluding tert-OH is 1. The molecule has 0 radical (unpaired) electrons. The van der Waals surface area contributed by atoms with Gasteiger partial charge in [-0.05, 0) is 48.2 Å². The van der Waals surface area contributed by atoms with Crippen LogP contribution in [-0.4, -0.2) is 45.3 Å². The van der Waals surface area contributed by atoms with Gasteiger partial charge in [0.25, 0.3) is 0 Å². The van der Waals surface area contributed by atoms with Crippen molar-refractivity contribution in [3.63, 3.8) is 0 Å². The Morgan fingerprint density at radius 1 is 1.20 bits per heavy atom. The highest BCUT2D eigenvalue weighted by atomic mass is 19.1. The first-order valence-electron chi connectivity index (χ1n) is 8.27. The van der Waals surface area contributed by atoms with E-state index in [0.29, 0.717) is 25.1 Å². The summed E-state index contributed by atoms with van der Waals surface area (Å²) in [6.07, 6.45) is 3.02. The second kappa shape index (κ2) is 7.29. The summed E-state index contributed by atoms with van der Waals surface area (Å²) < 4.78 is 13.1. The standard InChI is InChI=1S/C19H21FN2O3/c20-16-3-1-14(2-4-16)11-19(18(24)25)13-22(10-7-17(19)23)12-15-5-8-21-9-6-15/h1-6,8-9,17,23H,7,10-13H2,(H,24,25)/t17-,19-/m1/s1. The summed E-state index contributed by atoms with van der Waals surface area (Å²) in [5.41, 5.74) is 0.449. The third-order valence-electron chi connectivity index (χ3n) is 4.88. The number of hydrogen-bond acceptors (Lipinski definition) is 4. The van der Waals surface area contributed by atoms with E-state index >= 15 is 0 Å². The van der Waals surface area contributed by atoms with Crippen LogP contribution >= 0.6 is 0 Å². The number of carboxylic acids is 1. The molecule has 1 saturated heterocycles. The number of halogens is 1. The smallest absolute Gasteiger partial charge is 0.313 e. The number of pyridine rings is 1.